The molecular weight excluding hydrogens is 244 g/mol. The zero-order valence-electron chi connectivity index (χ0n) is 7.86. The normalized spacial score (nSPS) is 8.12. The lowest BCUT2D eigenvalue weighted by Gasteiger charge is -1.83. The highest BCUT2D eigenvalue weighted by atomic mass is 32.2. The molecule has 0 aliphatic heterocycles. The zero-order valence-corrected chi connectivity index (χ0v) is 9.49. The largest absolute Gasteiger partial charge is 0.233 e. The number of hydrogen-bond donors (Lipinski definition) is 0. The number of tetrazole rings is 1. The van der Waals surface area contributed by atoms with Crippen molar-refractivity contribution in [3.05, 3.63) is 11.8 Å². The van der Waals surface area contributed by atoms with Crippen molar-refractivity contribution < 1.29 is 0 Å². The van der Waals surface area contributed by atoms with Gasteiger partial charge in [0, 0.05) is 6.54 Å². The van der Waals surface area contributed by atoms with Crippen LogP contribution in [0.1, 0.15) is 21.8 Å². The second kappa shape index (κ2) is 10.5. The minimum atomic E-state index is 0. The van der Waals surface area contributed by atoms with Crippen LogP contribution in [0.5, 0.6) is 0 Å². The molecule has 2 aromatic rings. The maximum atomic E-state index is 3.77. The SMILES string of the molecule is C.C.CCn1cnnn1.CSc1nncs1. The molecule has 0 spiro atoms. The molecule has 6 nitrogen and oxygen atoms in total. The number of rotatable bonds is 2. The second-order valence-electron chi connectivity index (χ2n) is 2.07. The summed E-state index contributed by atoms with van der Waals surface area (Å²) in [4.78, 5) is 0. The van der Waals surface area contributed by atoms with Gasteiger partial charge in [0.15, 0.2) is 4.34 Å². The minimum Gasteiger partial charge on any atom is -0.233 e. The van der Waals surface area contributed by atoms with E-state index in [1.54, 1.807) is 39.6 Å². The fraction of sp³-hybridized carbons (Fsp3) is 0.625. The fourth-order valence-corrected chi connectivity index (χ4v) is 1.50. The molecule has 0 amide bonds. The van der Waals surface area contributed by atoms with Crippen LogP contribution in [-0.4, -0.2) is 36.7 Å². The van der Waals surface area contributed by atoms with Gasteiger partial charge in [-0.2, -0.15) is 0 Å². The number of aryl methyl sites for hydroxylation is 1. The molecule has 0 aliphatic carbocycles. The van der Waals surface area contributed by atoms with Crippen LogP contribution in [0.15, 0.2) is 16.2 Å². The quantitative estimate of drug-likeness (QED) is 0.773. The summed E-state index contributed by atoms with van der Waals surface area (Å²) < 4.78 is 2.68. The van der Waals surface area contributed by atoms with E-state index in [0.29, 0.717) is 0 Å². The third-order valence-electron chi connectivity index (χ3n) is 1.23. The summed E-state index contributed by atoms with van der Waals surface area (Å²) >= 11 is 3.18. The van der Waals surface area contributed by atoms with E-state index in [-0.39, 0.29) is 14.9 Å². The molecule has 0 atom stereocenters. The third-order valence-corrected chi connectivity index (χ3v) is 2.93. The van der Waals surface area contributed by atoms with E-state index in [9.17, 15) is 0 Å². The van der Waals surface area contributed by atoms with Crippen molar-refractivity contribution in [3.8, 4) is 0 Å². The lowest BCUT2D eigenvalue weighted by Crippen LogP contribution is -1.93. The summed E-state index contributed by atoms with van der Waals surface area (Å²) in [5, 5.41) is 17.8. The average molecular weight is 262 g/mol. The van der Waals surface area contributed by atoms with Gasteiger partial charge < -0.3 is 0 Å². The first-order valence-corrected chi connectivity index (χ1v) is 5.98. The van der Waals surface area contributed by atoms with Gasteiger partial charge in [-0.05, 0) is 23.6 Å². The summed E-state index contributed by atoms with van der Waals surface area (Å²) in [6.07, 6.45) is 3.57. The minimum absolute atomic E-state index is 0. The Balaban J connectivity index is 0. The summed E-state index contributed by atoms with van der Waals surface area (Å²) in [5.74, 6) is 0. The van der Waals surface area contributed by atoms with Crippen molar-refractivity contribution >= 4 is 23.1 Å². The molecule has 8 heteroatoms. The highest BCUT2D eigenvalue weighted by molar-refractivity contribution is 8.00. The van der Waals surface area contributed by atoms with Gasteiger partial charge in [0.05, 0.1) is 0 Å². The summed E-state index contributed by atoms with van der Waals surface area (Å²) in [6.45, 7) is 2.82. The van der Waals surface area contributed by atoms with Crippen LogP contribution in [0.3, 0.4) is 0 Å². The highest BCUT2D eigenvalue weighted by Gasteiger charge is 1.87. The molecule has 0 radical (unpaired) electrons. The first kappa shape index (κ1) is 17.4. The monoisotopic (exact) mass is 262 g/mol. The van der Waals surface area contributed by atoms with E-state index in [4.69, 9.17) is 0 Å². The van der Waals surface area contributed by atoms with Gasteiger partial charge in [-0.25, -0.2) is 4.68 Å². The topological polar surface area (TPSA) is 69.4 Å². The van der Waals surface area contributed by atoms with Crippen LogP contribution in [0.25, 0.3) is 0 Å². The zero-order chi connectivity index (χ0) is 10.2. The molecule has 0 saturated heterocycles. The van der Waals surface area contributed by atoms with Gasteiger partial charge in [0.1, 0.15) is 11.8 Å². The Kier molecular flexibility index (Phi) is 11.4. The Morgan fingerprint density at radius 1 is 1.38 bits per heavy atom. The standard InChI is InChI=1S/C3H6N4.C3H4N2S2.2CH4/c1-2-7-3-4-5-6-7;1-6-3-5-4-2-7-3;;/h3H,2H2,1H3;2H,1H3;2*1H4. The second-order valence-corrected chi connectivity index (χ2v) is 3.96. The highest BCUT2D eigenvalue weighted by Crippen LogP contribution is 2.13. The van der Waals surface area contributed by atoms with E-state index >= 15 is 0 Å². The summed E-state index contributed by atoms with van der Waals surface area (Å²) in [6, 6.07) is 0. The van der Waals surface area contributed by atoms with E-state index < -0.39 is 0 Å². The number of aromatic nitrogens is 6. The smallest absolute Gasteiger partial charge is 0.173 e. The molecule has 2 heterocycles. The summed E-state index contributed by atoms with van der Waals surface area (Å²) in [5.41, 5.74) is 1.73. The molecule has 0 aromatic carbocycles. The average Bonchev–Trinajstić information content (AvgIpc) is 2.92. The van der Waals surface area contributed by atoms with E-state index in [1.807, 2.05) is 13.2 Å². The van der Waals surface area contributed by atoms with Gasteiger partial charge in [-0.3, -0.25) is 0 Å². The molecule has 0 fully saturated rings. The third kappa shape index (κ3) is 6.46. The predicted octanol–water partition coefficient (Wildman–Crippen LogP) is 2.23. The molecule has 0 aliphatic rings. The maximum Gasteiger partial charge on any atom is 0.173 e. The Bertz CT molecular complexity index is 286. The maximum absolute atomic E-state index is 3.77. The first-order chi connectivity index (χ1) is 6.86. The van der Waals surface area contributed by atoms with Crippen molar-refractivity contribution in [2.24, 2.45) is 0 Å². The first-order valence-electron chi connectivity index (χ1n) is 3.87. The molecule has 2 aromatic heterocycles. The van der Waals surface area contributed by atoms with Crippen molar-refractivity contribution in [1.82, 2.24) is 30.4 Å². The Morgan fingerprint density at radius 2 is 2.12 bits per heavy atom. The van der Waals surface area contributed by atoms with Gasteiger partial charge in [-0.15, -0.1) is 15.3 Å². The van der Waals surface area contributed by atoms with Crippen LogP contribution in [-0.2, 0) is 6.54 Å². The number of thioether (sulfide) groups is 1. The Labute approximate surface area is 104 Å². The van der Waals surface area contributed by atoms with Gasteiger partial charge >= 0.3 is 0 Å². The molecule has 0 N–H and O–H groups in total. The summed E-state index contributed by atoms with van der Waals surface area (Å²) in [7, 11) is 0. The molecule has 92 valence electrons. The van der Waals surface area contributed by atoms with Crippen LogP contribution in [0.4, 0.5) is 0 Å². The van der Waals surface area contributed by atoms with Crippen molar-refractivity contribution in [1.29, 1.82) is 0 Å². The predicted molar refractivity (Wildman–Crippen MR) is 68.6 cm³/mol. The van der Waals surface area contributed by atoms with Gasteiger partial charge in [-0.1, -0.05) is 38.0 Å². The van der Waals surface area contributed by atoms with Crippen LogP contribution < -0.4 is 0 Å². The number of nitrogens with zero attached hydrogens (tertiary/aromatic N) is 6. The van der Waals surface area contributed by atoms with Gasteiger partial charge in [0.2, 0.25) is 0 Å². The van der Waals surface area contributed by atoms with Gasteiger partial charge in [0.25, 0.3) is 0 Å². The molecule has 2 rings (SSSR count). The molecule has 0 saturated carbocycles. The molecule has 16 heavy (non-hydrogen) atoms. The van der Waals surface area contributed by atoms with E-state index in [2.05, 4.69) is 25.7 Å². The van der Waals surface area contributed by atoms with E-state index in [0.717, 1.165) is 10.9 Å². The van der Waals surface area contributed by atoms with Crippen molar-refractivity contribution in [3.63, 3.8) is 0 Å². The molecular formula is C8H18N6S2. The van der Waals surface area contributed by atoms with E-state index in [1.165, 1.54) is 0 Å². The fourth-order valence-electron chi connectivity index (χ4n) is 0.577. The number of hydrogen-bond acceptors (Lipinski definition) is 7. The lowest BCUT2D eigenvalue weighted by molar-refractivity contribution is 0.626. The lowest BCUT2D eigenvalue weighted by atomic mass is 10.8. The van der Waals surface area contributed by atoms with Crippen LogP contribution >= 0.6 is 23.1 Å². The van der Waals surface area contributed by atoms with Crippen molar-refractivity contribution in [2.45, 2.75) is 32.7 Å². The molecule has 0 unspecified atom stereocenters. The molecule has 0 bridgehead atoms. The van der Waals surface area contributed by atoms with Crippen molar-refractivity contribution in [2.75, 3.05) is 6.26 Å². The van der Waals surface area contributed by atoms with Crippen LogP contribution in [0.2, 0.25) is 0 Å². The Morgan fingerprint density at radius 3 is 2.38 bits per heavy atom. The Hall–Kier alpha value is -1.02. The van der Waals surface area contributed by atoms with Crippen LogP contribution in [0, 0.1) is 0 Å².